The number of carbonyl (C=O) groups excluding carboxylic acids is 1. The lowest BCUT2D eigenvalue weighted by Gasteiger charge is -2.36. The Morgan fingerprint density at radius 2 is 1.88 bits per heavy atom. The molecule has 1 amide bonds. The molecule has 2 aromatic rings. The van der Waals surface area contributed by atoms with E-state index in [0.29, 0.717) is 43.5 Å². The number of nitro groups is 1. The Morgan fingerprint density at radius 3 is 2.55 bits per heavy atom. The van der Waals surface area contributed by atoms with Crippen molar-refractivity contribution >= 4 is 23.0 Å². The fourth-order valence-corrected chi connectivity index (χ4v) is 4.70. The van der Waals surface area contributed by atoms with Crippen LogP contribution in [0.25, 0.3) is 0 Å². The topological polar surface area (TPSA) is 93.7 Å². The van der Waals surface area contributed by atoms with Crippen LogP contribution >= 0.6 is 0 Å². The molecule has 172 valence electrons. The van der Waals surface area contributed by atoms with E-state index in [1.54, 1.807) is 29.2 Å². The van der Waals surface area contributed by atoms with Crippen LogP contribution in [0.15, 0.2) is 36.4 Å². The third-order valence-electron chi connectivity index (χ3n) is 6.43. The molecule has 1 atom stereocenters. The van der Waals surface area contributed by atoms with E-state index in [2.05, 4.69) is 6.92 Å². The quantitative estimate of drug-likeness (QED) is 0.518. The fourth-order valence-electron chi connectivity index (χ4n) is 4.70. The molecule has 0 bridgehead atoms. The number of rotatable bonds is 4. The molecular formula is C24H26FN5O3. The van der Waals surface area contributed by atoms with Crippen molar-refractivity contribution in [3.63, 3.8) is 0 Å². The molecule has 2 aliphatic rings. The highest BCUT2D eigenvalue weighted by Gasteiger charge is 2.28. The van der Waals surface area contributed by atoms with E-state index in [1.165, 1.54) is 12.1 Å². The standard InChI is InChI=1S/C24H26FN5O3/c1-17-4-3-9-29(16-17)22-8-7-18(14-23(22)30(32)33)24(31)28-12-10-27(11-13-28)21-6-2-5-20(25)19(21)15-26/h2,5-8,14,17H,3-4,9-13,16H2,1H3. The molecule has 0 spiro atoms. The summed E-state index contributed by atoms with van der Waals surface area (Å²) in [5, 5.41) is 21.1. The Hall–Kier alpha value is -3.67. The van der Waals surface area contributed by atoms with Gasteiger partial charge in [-0.25, -0.2) is 4.39 Å². The molecule has 0 N–H and O–H groups in total. The SMILES string of the molecule is CC1CCCN(c2ccc(C(=O)N3CCN(c4cccc(F)c4C#N)CC3)cc2[N+](=O)[O-])C1. The van der Waals surface area contributed by atoms with Gasteiger partial charge in [0.15, 0.2) is 0 Å². The van der Waals surface area contributed by atoms with Crippen molar-refractivity contribution in [2.45, 2.75) is 19.8 Å². The summed E-state index contributed by atoms with van der Waals surface area (Å²) in [4.78, 5) is 30.0. The van der Waals surface area contributed by atoms with Gasteiger partial charge in [0.1, 0.15) is 23.1 Å². The van der Waals surface area contributed by atoms with E-state index in [-0.39, 0.29) is 22.7 Å². The van der Waals surface area contributed by atoms with Gasteiger partial charge in [-0.15, -0.1) is 0 Å². The van der Waals surface area contributed by atoms with Crippen LogP contribution in [0.4, 0.5) is 21.5 Å². The van der Waals surface area contributed by atoms with Crippen LogP contribution in [0.2, 0.25) is 0 Å². The zero-order valence-electron chi connectivity index (χ0n) is 18.5. The molecule has 2 aromatic carbocycles. The lowest BCUT2D eigenvalue weighted by molar-refractivity contribution is -0.384. The number of benzene rings is 2. The number of hydrogen-bond acceptors (Lipinski definition) is 6. The predicted molar refractivity (Wildman–Crippen MR) is 123 cm³/mol. The molecule has 2 saturated heterocycles. The van der Waals surface area contributed by atoms with Crippen LogP contribution in [0, 0.1) is 33.2 Å². The average molecular weight is 452 g/mol. The Kier molecular flexibility index (Phi) is 6.45. The van der Waals surface area contributed by atoms with Crippen LogP contribution in [-0.4, -0.2) is 55.0 Å². The minimum Gasteiger partial charge on any atom is -0.367 e. The van der Waals surface area contributed by atoms with Crippen molar-refractivity contribution in [1.82, 2.24) is 4.90 Å². The highest BCUT2D eigenvalue weighted by molar-refractivity contribution is 5.96. The van der Waals surface area contributed by atoms with Gasteiger partial charge in [-0.05, 0) is 43.0 Å². The first-order chi connectivity index (χ1) is 15.9. The maximum absolute atomic E-state index is 14.0. The van der Waals surface area contributed by atoms with Gasteiger partial charge in [0.2, 0.25) is 0 Å². The Balaban J connectivity index is 1.49. The van der Waals surface area contributed by atoms with Crippen LogP contribution in [0.3, 0.4) is 0 Å². The molecule has 33 heavy (non-hydrogen) atoms. The normalized spacial score (nSPS) is 18.7. The third-order valence-corrected chi connectivity index (χ3v) is 6.43. The summed E-state index contributed by atoms with van der Waals surface area (Å²) in [5.74, 6) is -0.365. The van der Waals surface area contributed by atoms with Crippen molar-refractivity contribution in [3.8, 4) is 6.07 Å². The summed E-state index contributed by atoms with van der Waals surface area (Å²) >= 11 is 0. The van der Waals surface area contributed by atoms with E-state index in [9.17, 15) is 24.6 Å². The van der Waals surface area contributed by atoms with Gasteiger partial charge < -0.3 is 14.7 Å². The van der Waals surface area contributed by atoms with E-state index < -0.39 is 10.7 Å². The number of nitrogens with zero attached hydrogens (tertiary/aromatic N) is 5. The average Bonchev–Trinajstić information content (AvgIpc) is 2.83. The molecule has 2 heterocycles. The van der Waals surface area contributed by atoms with E-state index in [0.717, 1.165) is 25.9 Å². The van der Waals surface area contributed by atoms with E-state index >= 15 is 0 Å². The zero-order chi connectivity index (χ0) is 23.5. The van der Waals surface area contributed by atoms with Gasteiger partial charge in [-0.3, -0.25) is 14.9 Å². The summed E-state index contributed by atoms with van der Waals surface area (Å²) < 4.78 is 14.0. The minimum atomic E-state index is -0.566. The maximum Gasteiger partial charge on any atom is 0.293 e. The van der Waals surface area contributed by atoms with Crippen LogP contribution < -0.4 is 9.80 Å². The number of halogens is 1. The highest BCUT2D eigenvalue weighted by atomic mass is 19.1. The number of piperazine rings is 1. The van der Waals surface area contributed by atoms with Crippen LogP contribution in [0.5, 0.6) is 0 Å². The monoisotopic (exact) mass is 451 g/mol. The first-order valence-corrected chi connectivity index (χ1v) is 11.1. The Labute approximate surface area is 192 Å². The predicted octanol–water partition coefficient (Wildman–Crippen LogP) is 3.80. The number of piperidine rings is 1. The molecule has 2 fully saturated rings. The first-order valence-electron chi connectivity index (χ1n) is 11.1. The fraction of sp³-hybridized carbons (Fsp3) is 0.417. The second kappa shape index (κ2) is 9.45. The van der Waals surface area contributed by atoms with Gasteiger partial charge in [0, 0.05) is 50.9 Å². The molecule has 0 aromatic heterocycles. The number of carbonyl (C=O) groups is 1. The maximum atomic E-state index is 14.0. The van der Waals surface area contributed by atoms with E-state index in [1.807, 2.05) is 15.9 Å². The highest BCUT2D eigenvalue weighted by Crippen LogP contribution is 2.33. The Bertz CT molecular complexity index is 1110. The second-order valence-corrected chi connectivity index (χ2v) is 8.68. The summed E-state index contributed by atoms with van der Waals surface area (Å²) in [7, 11) is 0. The summed E-state index contributed by atoms with van der Waals surface area (Å²) in [6, 6.07) is 11.1. The Morgan fingerprint density at radius 1 is 1.12 bits per heavy atom. The van der Waals surface area contributed by atoms with Crippen molar-refractivity contribution in [1.29, 1.82) is 5.26 Å². The van der Waals surface area contributed by atoms with E-state index in [4.69, 9.17) is 0 Å². The van der Waals surface area contributed by atoms with Gasteiger partial charge in [-0.1, -0.05) is 13.0 Å². The summed E-state index contributed by atoms with van der Waals surface area (Å²) in [6.07, 6.45) is 2.10. The molecule has 4 rings (SSSR count). The van der Waals surface area contributed by atoms with Crippen LogP contribution in [0.1, 0.15) is 35.7 Å². The third kappa shape index (κ3) is 4.60. The number of nitriles is 1. The number of anilines is 2. The van der Waals surface area contributed by atoms with Crippen LogP contribution in [-0.2, 0) is 0 Å². The van der Waals surface area contributed by atoms with Gasteiger partial charge in [0.05, 0.1) is 10.6 Å². The molecule has 1 unspecified atom stereocenters. The summed E-state index contributed by atoms with van der Waals surface area (Å²) in [6.45, 7) is 5.30. The largest absolute Gasteiger partial charge is 0.367 e. The van der Waals surface area contributed by atoms with Gasteiger partial charge in [-0.2, -0.15) is 5.26 Å². The van der Waals surface area contributed by atoms with Crippen molar-refractivity contribution in [2.75, 3.05) is 49.1 Å². The summed E-state index contributed by atoms with van der Waals surface area (Å²) in [5.41, 5.74) is 1.30. The zero-order valence-corrected chi connectivity index (χ0v) is 18.5. The molecule has 0 radical (unpaired) electrons. The minimum absolute atomic E-state index is 0.00415. The van der Waals surface area contributed by atoms with Crippen molar-refractivity contribution in [2.24, 2.45) is 5.92 Å². The number of amides is 1. The molecule has 0 saturated carbocycles. The molecular weight excluding hydrogens is 425 g/mol. The lowest BCUT2D eigenvalue weighted by Crippen LogP contribution is -2.49. The lowest BCUT2D eigenvalue weighted by atomic mass is 9.99. The van der Waals surface area contributed by atoms with Gasteiger partial charge in [0.25, 0.3) is 11.6 Å². The molecule has 0 aliphatic carbocycles. The second-order valence-electron chi connectivity index (χ2n) is 8.68. The smallest absolute Gasteiger partial charge is 0.293 e. The molecule has 8 nitrogen and oxygen atoms in total. The molecule has 2 aliphatic heterocycles. The first kappa shape index (κ1) is 22.5. The number of nitro benzene ring substituents is 1. The van der Waals surface area contributed by atoms with Crippen molar-refractivity contribution in [3.05, 3.63) is 63.5 Å². The number of hydrogen-bond donors (Lipinski definition) is 0. The van der Waals surface area contributed by atoms with Gasteiger partial charge >= 0.3 is 0 Å². The molecule has 9 heteroatoms. The van der Waals surface area contributed by atoms with Crippen molar-refractivity contribution < 1.29 is 14.1 Å².